The largest absolute Gasteiger partial charge is 0.369 e. The highest BCUT2D eigenvalue weighted by molar-refractivity contribution is 5.79. The van der Waals surface area contributed by atoms with Crippen molar-refractivity contribution in [3.8, 4) is 6.07 Å². The number of fused-ring (bicyclic) bond motifs is 1. The Morgan fingerprint density at radius 1 is 1.42 bits per heavy atom. The van der Waals surface area contributed by atoms with Crippen LogP contribution in [0.1, 0.15) is 5.56 Å². The lowest BCUT2D eigenvalue weighted by molar-refractivity contribution is -0.136. The molecule has 4 nitrogen and oxygen atoms in total. The third-order valence-corrected chi connectivity index (χ3v) is 2.60. The number of aromatic nitrogens is 2. The first-order chi connectivity index (χ1) is 8.85. The molecule has 0 radical (unpaired) electrons. The van der Waals surface area contributed by atoms with Gasteiger partial charge in [-0.15, -0.1) is 0 Å². The van der Waals surface area contributed by atoms with Crippen molar-refractivity contribution in [3.05, 3.63) is 23.8 Å². The van der Waals surface area contributed by atoms with E-state index in [2.05, 4.69) is 4.98 Å². The number of halogens is 4. The summed E-state index contributed by atoms with van der Waals surface area (Å²) in [6, 6.07) is 5.95. The summed E-state index contributed by atoms with van der Waals surface area (Å²) in [4.78, 5) is 3.79. The van der Waals surface area contributed by atoms with E-state index >= 15 is 0 Å². The molecule has 0 unspecified atom stereocenters. The van der Waals surface area contributed by atoms with Crippen molar-refractivity contribution < 1.29 is 17.6 Å². The molecule has 0 bridgehead atoms. The number of imidazole rings is 1. The maximum atomic E-state index is 13.1. The Kier molecular flexibility index (Phi) is 3.06. The van der Waals surface area contributed by atoms with Crippen LogP contribution in [0, 0.1) is 11.3 Å². The molecule has 0 amide bonds. The minimum absolute atomic E-state index is 0.122. The fourth-order valence-corrected chi connectivity index (χ4v) is 1.66. The van der Waals surface area contributed by atoms with Gasteiger partial charge in [-0.2, -0.15) is 14.0 Å². The summed E-state index contributed by atoms with van der Waals surface area (Å²) in [5.74, 6) is -4.52. The number of rotatable bonds is 3. The Hall–Kier alpha value is -2.30. The van der Waals surface area contributed by atoms with E-state index in [1.165, 1.54) is 18.2 Å². The van der Waals surface area contributed by atoms with Crippen molar-refractivity contribution in [2.45, 2.75) is 18.9 Å². The summed E-state index contributed by atoms with van der Waals surface area (Å²) >= 11 is 0. The van der Waals surface area contributed by atoms with Gasteiger partial charge in [0.05, 0.1) is 29.2 Å². The Balaban J connectivity index is 2.54. The van der Waals surface area contributed by atoms with Gasteiger partial charge in [0.2, 0.25) is 5.95 Å². The zero-order chi connectivity index (χ0) is 14.2. The van der Waals surface area contributed by atoms with Crippen molar-refractivity contribution in [2.75, 3.05) is 5.73 Å². The van der Waals surface area contributed by atoms with Crippen molar-refractivity contribution >= 4 is 17.0 Å². The van der Waals surface area contributed by atoms with E-state index in [-0.39, 0.29) is 22.5 Å². The minimum atomic E-state index is -4.22. The first-order valence-electron chi connectivity index (χ1n) is 5.17. The number of benzene rings is 1. The molecule has 19 heavy (non-hydrogen) atoms. The van der Waals surface area contributed by atoms with Gasteiger partial charge in [0.25, 0.3) is 0 Å². The van der Waals surface area contributed by atoms with Crippen LogP contribution in [0.5, 0.6) is 0 Å². The molecule has 0 aliphatic rings. The summed E-state index contributed by atoms with van der Waals surface area (Å²) in [6.45, 7) is -1.29. The fraction of sp³-hybridized carbons (Fsp3) is 0.273. The SMILES string of the molecule is N#Cc1ccc2nc(N)n(CC(F)(F)C(F)F)c2c1. The topological polar surface area (TPSA) is 67.6 Å². The van der Waals surface area contributed by atoms with Crippen LogP contribution in [0.15, 0.2) is 18.2 Å². The van der Waals surface area contributed by atoms with Gasteiger partial charge in [-0.25, -0.2) is 13.8 Å². The van der Waals surface area contributed by atoms with E-state index in [1.54, 1.807) is 0 Å². The minimum Gasteiger partial charge on any atom is -0.369 e. The van der Waals surface area contributed by atoms with E-state index < -0.39 is 18.9 Å². The molecule has 0 saturated carbocycles. The number of anilines is 1. The molecule has 1 heterocycles. The molecule has 0 atom stereocenters. The molecule has 8 heteroatoms. The summed E-state index contributed by atoms with van der Waals surface area (Å²) < 4.78 is 51.4. The van der Waals surface area contributed by atoms with Gasteiger partial charge >= 0.3 is 12.3 Å². The molecule has 2 aromatic rings. The smallest absolute Gasteiger partial charge is 0.324 e. The Labute approximate surface area is 105 Å². The molecule has 1 aromatic carbocycles. The molecule has 2 rings (SSSR count). The van der Waals surface area contributed by atoms with E-state index in [4.69, 9.17) is 11.0 Å². The Morgan fingerprint density at radius 2 is 2.11 bits per heavy atom. The third-order valence-electron chi connectivity index (χ3n) is 2.60. The number of nitrogens with zero attached hydrogens (tertiary/aromatic N) is 3. The number of nitrogens with two attached hydrogens (primary N) is 1. The molecule has 2 N–H and O–H groups in total. The lowest BCUT2D eigenvalue weighted by Crippen LogP contribution is -2.32. The van der Waals surface area contributed by atoms with Crippen LogP contribution in [-0.4, -0.2) is 21.9 Å². The summed E-state index contributed by atoms with van der Waals surface area (Å²) in [5.41, 5.74) is 6.03. The normalized spacial score (nSPS) is 12.0. The van der Waals surface area contributed by atoms with Gasteiger partial charge in [-0.3, -0.25) is 0 Å². The Bertz CT molecular complexity index is 656. The highest BCUT2D eigenvalue weighted by Crippen LogP contribution is 2.28. The molecule has 0 aliphatic heterocycles. The molecular formula is C11H8F4N4. The number of nitrogen functional groups attached to an aromatic ring is 1. The van der Waals surface area contributed by atoms with E-state index in [0.717, 1.165) is 4.57 Å². The number of nitriles is 1. The van der Waals surface area contributed by atoms with Gasteiger partial charge in [0.1, 0.15) is 0 Å². The van der Waals surface area contributed by atoms with Crippen LogP contribution in [0.3, 0.4) is 0 Å². The predicted octanol–water partition coefficient (Wildman–Crippen LogP) is 2.39. The van der Waals surface area contributed by atoms with Crippen LogP contribution >= 0.6 is 0 Å². The molecule has 0 spiro atoms. The standard InChI is InChI=1S/C11H8F4N4/c12-9(13)11(14,15)5-19-8-3-6(4-16)1-2-7(8)18-10(19)17/h1-3,9H,5H2,(H2,17,18). The molecule has 100 valence electrons. The molecule has 0 saturated heterocycles. The van der Waals surface area contributed by atoms with E-state index in [0.29, 0.717) is 0 Å². The van der Waals surface area contributed by atoms with Crippen LogP contribution in [0.4, 0.5) is 23.5 Å². The molecule has 0 fully saturated rings. The quantitative estimate of drug-likeness (QED) is 0.872. The molecular weight excluding hydrogens is 264 g/mol. The third kappa shape index (κ3) is 2.31. The first kappa shape index (κ1) is 13.1. The lowest BCUT2D eigenvalue weighted by atomic mass is 10.2. The van der Waals surface area contributed by atoms with Crippen LogP contribution in [-0.2, 0) is 6.54 Å². The Morgan fingerprint density at radius 3 is 2.68 bits per heavy atom. The van der Waals surface area contributed by atoms with Crippen molar-refractivity contribution in [3.63, 3.8) is 0 Å². The molecule has 0 aliphatic carbocycles. The van der Waals surface area contributed by atoms with Gasteiger partial charge < -0.3 is 10.3 Å². The van der Waals surface area contributed by atoms with Gasteiger partial charge in [0.15, 0.2) is 0 Å². The van der Waals surface area contributed by atoms with Crippen LogP contribution < -0.4 is 5.73 Å². The highest BCUT2D eigenvalue weighted by atomic mass is 19.3. The van der Waals surface area contributed by atoms with E-state index in [9.17, 15) is 17.6 Å². The highest BCUT2D eigenvalue weighted by Gasteiger charge is 2.41. The second-order valence-electron chi connectivity index (χ2n) is 3.93. The molecule has 1 aromatic heterocycles. The van der Waals surface area contributed by atoms with Gasteiger partial charge in [0, 0.05) is 0 Å². The van der Waals surface area contributed by atoms with Crippen molar-refractivity contribution in [2.24, 2.45) is 0 Å². The zero-order valence-electron chi connectivity index (χ0n) is 9.45. The van der Waals surface area contributed by atoms with Gasteiger partial charge in [-0.05, 0) is 18.2 Å². The van der Waals surface area contributed by atoms with Crippen molar-refractivity contribution in [1.29, 1.82) is 5.26 Å². The van der Waals surface area contributed by atoms with Gasteiger partial charge in [-0.1, -0.05) is 0 Å². The summed E-state index contributed by atoms with van der Waals surface area (Å²) in [6.07, 6.45) is -3.80. The predicted molar refractivity (Wildman–Crippen MR) is 59.8 cm³/mol. The number of alkyl halides is 4. The fourth-order valence-electron chi connectivity index (χ4n) is 1.66. The summed E-state index contributed by atoms with van der Waals surface area (Å²) in [5, 5.41) is 8.74. The average Bonchev–Trinajstić information content (AvgIpc) is 2.64. The van der Waals surface area contributed by atoms with Crippen LogP contribution in [0.2, 0.25) is 0 Å². The second-order valence-corrected chi connectivity index (χ2v) is 3.93. The maximum absolute atomic E-state index is 13.1. The number of hydrogen-bond acceptors (Lipinski definition) is 3. The van der Waals surface area contributed by atoms with Crippen molar-refractivity contribution in [1.82, 2.24) is 9.55 Å². The maximum Gasteiger partial charge on any atom is 0.324 e. The van der Waals surface area contributed by atoms with Crippen LogP contribution in [0.25, 0.3) is 11.0 Å². The zero-order valence-corrected chi connectivity index (χ0v) is 9.45. The first-order valence-corrected chi connectivity index (χ1v) is 5.17. The lowest BCUT2D eigenvalue weighted by Gasteiger charge is -2.17. The summed E-state index contributed by atoms with van der Waals surface area (Å²) in [7, 11) is 0. The second kappa shape index (κ2) is 4.42. The monoisotopic (exact) mass is 272 g/mol. The van der Waals surface area contributed by atoms with E-state index in [1.807, 2.05) is 6.07 Å². The number of hydrogen-bond donors (Lipinski definition) is 1. The average molecular weight is 272 g/mol.